The van der Waals surface area contributed by atoms with Gasteiger partial charge in [-0.1, -0.05) is 39.7 Å². The first-order valence-electron chi connectivity index (χ1n) is 13.9. The Morgan fingerprint density at radius 3 is 2.13 bits per heavy atom. The Morgan fingerprint density at radius 1 is 0.957 bits per heavy atom. The van der Waals surface area contributed by atoms with Crippen LogP contribution in [0.2, 0.25) is 0 Å². The molecule has 8 nitrogen and oxygen atoms in total. The van der Waals surface area contributed by atoms with E-state index in [1.54, 1.807) is 0 Å². The number of fused-ring (bicyclic) bond motifs is 4. The van der Waals surface area contributed by atoms with Gasteiger partial charge < -0.3 is 9.84 Å². The normalized spacial score (nSPS) is 30.7. The van der Waals surface area contributed by atoms with Crippen LogP contribution in [-0.4, -0.2) is 55.9 Å². The first-order valence-corrected chi connectivity index (χ1v) is 15.7. The maximum absolute atomic E-state index is 14.1. The standard InChI is InChI=1S/C30H21BrCl2F6N2O6/c1-47-19-4-2-3-17(22(19)42)21-15-5-6-16-20(18(15)10-27(32)25(45)40(11-31)26(46)28(21,27)33)24(44)41(23(16)43)14-8-12(29(34,35)36)7-13(9-14)30(37,38)39/h2-5,7-9,16,18,20-21,42H,6,10-11H2,1H3. The molecule has 2 aliphatic carbocycles. The molecule has 17 heteroatoms. The summed E-state index contributed by atoms with van der Waals surface area (Å²) in [6.07, 6.45) is -9.72. The van der Waals surface area contributed by atoms with Gasteiger partial charge >= 0.3 is 12.4 Å². The van der Waals surface area contributed by atoms with Gasteiger partial charge in [-0.05, 0) is 43.0 Å². The molecule has 2 heterocycles. The zero-order chi connectivity index (χ0) is 34.6. The molecule has 6 atom stereocenters. The van der Waals surface area contributed by atoms with Gasteiger partial charge in [0.05, 0.1) is 41.2 Å². The Labute approximate surface area is 280 Å². The van der Waals surface area contributed by atoms with E-state index in [9.17, 15) is 50.6 Å². The zero-order valence-electron chi connectivity index (χ0n) is 23.8. The summed E-state index contributed by atoms with van der Waals surface area (Å²) in [5, 5.41) is 11.2. The Bertz CT molecular complexity index is 1750. The predicted molar refractivity (Wildman–Crippen MR) is 157 cm³/mol. The number of allylic oxidation sites excluding steroid dienone is 2. The lowest BCUT2D eigenvalue weighted by atomic mass is 9.56. The highest BCUT2D eigenvalue weighted by Crippen LogP contribution is 2.66. The Hall–Kier alpha value is -3.30. The summed E-state index contributed by atoms with van der Waals surface area (Å²) in [6.45, 7) is 0. The third-order valence-corrected chi connectivity index (χ3v) is 11.3. The predicted octanol–water partition coefficient (Wildman–Crippen LogP) is 6.35. The molecule has 2 aliphatic heterocycles. The van der Waals surface area contributed by atoms with E-state index in [-0.39, 0.29) is 47.0 Å². The highest BCUT2D eigenvalue weighted by molar-refractivity contribution is 9.09. The summed E-state index contributed by atoms with van der Waals surface area (Å²) in [7, 11) is 1.27. The van der Waals surface area contributed by atoms with Gasteiger partial charge in [0, 0.05) is 11.5 Å². The number of halogens is 9. The summed E-state index contributed by atoms with van der Waals surface area (Å²) in [5.74, 6) is -9.74. The summed E-state index contributed by atoms with van der Waals surface area (Å²) < 4.78 is 87.2. The number of ether oxygens (including phenoxy) is 1. The lowest BCUT2D eigenvalue weighted by Crippen LogP contribution is -2.60. The van der Waals surface area contributed by atoms with E-state index in [0.717, 1.165) is 4.90 Å². The van der Waals surface area contributed by atoms with Crippen LogP contribution in [0.15, 0.2) is 48.0 Å². The first kappa shape index (κ1) is 33.6. The molecule has 2 aromatic carbocycles. The Balaban J connectivity index is 1.52. The summed E-state index contributed by atoms with van der Waals surface area (Å²) in [5.41, 5.74) is -4.46. The lowest BCUT2D eigenvalue weighted by Gasteiger charge is -2.50. The molecule has 3 fully saturated rings. The van der Waals surface area contributed by atoms with Crippen molar-refractivity contribution < 1.29 is 55.4 Å². The number of alkyl halides is 9. The number of amides is 4. The van der Waals surface area contributed by atoms with Crippen LogP contribution in [0.1, 0.15) is 35.4 Å². The number of carbonyl (C=O) groups excluding carboxylic acids is 4. The van der Waals surface area contributed by atoms with E-state index in [2.05, 4.69) is 15.9 Å². The van der Waals surface area contributed by atoms with Crippen LogP contribution in [0.5, 0.6) is 11.5 Å². The molecule has 0 radical (unpaired) electrons. The van der Waals surface area contributed by atoms with Crippen molar-refractivity contribution >= 4 is 68.4 Å². The van der Waals surface area contributed by atoms with Crippen molar-refractivity contribution in [2.24, 2.45) is 17.8 Å². The van der Waals surface area contributed by atoms with Gasteiger partial charge in [-0.3, -0.25) is 24.1 Å². The fourth-order valence-corrected chi connectivity index (χ4v) is 8.77. The van der Waals surface area contributed by atoms with E-state index in [1.807, 2.05) is 0 Å². The number of methoxy groups -OCH3 is 1. The van der Waals surface area contributed by atoms with Gasteiger partial charge in [-0.25, -0.2) is 4.90 Å². The molecule has 250 valence electrons. The number of anilines is 1. The fraction of sp³-hybridized carbons (Fsp3) is 0.400. The number of hydrogen-bond donors (Lipinski definition) is 1. The van der Waals surface area contributed by atoms with E-state index in [4.69, 9.17) is 27.9 Å². The average molecular weight is 770 g/mol. The Kier molecular flexibility index (Phi) is 7.76. The van der Waals surface area contributed by atoms with Crippen molar-refractivity contribution in [2.45, 2.75) is 40.9 Å². The third kappa shape index (κ3) is 4.62. The van der Waals surface area contributed by atoms with Crippen molar-refractivity contribution in [3.8, 4) is 11.5 Å². The molecule has 0 spiro atoms. The highest BCUT2D eigenvalue weighted by atomic mass is 79.9. The molecular weight excluding hydrogens is 749 g/mol. The van der Waals surface area contributed by atoms with Gasteiger partial charge in [0.1, 0.15) is 0 Å². The second kappa shape index (κ2) is 10.9. The van der Waals surface area contributed by atoms with Crippen LogP contribution in [-0.2, 0) is 31.5 Å². The number of para-hydroxylation sites is 1. The smallest absolute Gasteiger partial charge is 0.416 e. The number of hydrogen-bond acceptors (Lipinski definition) is 6. The second-order valence-corrected chi connectivity index (χ2v) is 13.4. The molecule has 4 aliphatic rings. The third-order valence-electron chi connectivity index (χ3n) is 9.41. The van der Waals surface area contributed by atoms with Crippen LogP contribution in [0.3, 0.4) is 0 Å². The maximum Gasteiger partial charge on any atom is 0.416 e. The van der Waals surface area contributed by atoms with Gasteiger partial charge in [-0.15, -0.1) is 23.2 Å². The quantitative estimate of drug-likeness (QED) is 0.128. The largest absolute Gasteiger partial charge is 0.504 e. The summed E-state index contributed by atoms with van der Waals surface area (Å²) in [6, 6.07) is 4.74. The molecule has 6 unspecified atom stereocenters. The number of nitrogens with zero attached hydrogens (tertiary/aromatic N) is 2. The topological polar surface area (TPSA) is 104 Å². The second-order valence-electron chi connectivity index (χ2n) is 11.7. The molecule has 6 rings (SSSR count). The van der Waals surface area contributed by atoms with E-state index in [0.29, 0.717) is 4.90 Å². The molecule has 0 bridgehead atoms. The minimum absolute atomic E-state index is 0.00215. The monoisotopic (exact) mass is 768 g/mol. The SMILES string of the molecule is COc1cccc(C2C3=CCC4C(=O)N(c5cc(C(F)(F)F)cc(C(F)(F)F)c5)C(=O)C4C3CC3(Cl)C(=O)N(CBr)C(=O)C23Cl)c1O. The van der Waals surface area contributed by atoms with Crippen LogP contribution in [0.25, 0.3) is 0 Å². The maximum atomic E-state index is 14.1. The number of phenols is 1. The molecule has 2 aromatic rings. The molecule has 2 saturated heterocycles. The number of benzene rings is 2. The Morgan fingerprint density at radius 2 is 1.57 bits per heavy atom. The van der Waals surface area contributed by atoms with Crippen molar-refractivity contribution in [3.05, 3.63) is 64.7 Å². The van der Waals surface area contributed by atoms with Crippen molar-refractivity contribution in [2.75, 3.05) is 17.5 Å². The van der Waals surface area contributed by atoms with Gasteiger partial charge in [0.2, 0.25) is 11.8 Å². The average Bonchev–Trinajstić information content (AvgIpc) is 3.34. The summed E-state index contributed by atoms with van der Waals surface area (Å²) in [4.78, 5) is 51.9. The van der Waals surface area contributed by atoms with Gasteiger partial charge in [0.15, 0.2) is 21.2 Å². The molecule has 1 saturated carbocycles. The van der Waals surface area contributed by atoms with E-state index >= 15 is 0 Å². The zero-order valence-corrected chi connectivity index (χ0v) is 26.9. The molecule has 0 aromatic heterocycles. The van der Waals surface area contributed by atoms with Crippen molar-refractivity contribution in [1.29, 1.82) is 0 Å². The summed E-state index contributed by atoms with van der Waals surface area (Å²) >= 11 is 17.3. The van der Waals surface area contributed by atoms with E-state index < -0.39 is 98.4 Å². The number of phenolic OH excluding ortho intramolecular Hbond substituents is 1. The van der Waals surface area contributed by atoms with Crippen molar-refractivity contribution in [3.63, 3.8) is 0 Å². The molecule has 4 amide bonds. The number of likely N-dealkylation sites (tertiary alicyclic amines) is 1. The van der Waals surface area contributed by atoms with Crippen LogP contribution in [0, 0.1) is 17.8 Å². The first-order chi connectivity index (χ1) is 21.8. The number of carbonyl (C=O) groups is 4. The minimum Gasteiger partial charge on any atom is -0.504 e. The van der Waals surface area contributed by atoms with Gasteiger partial charge in [-0.2, -0.15) is 26.3 Å². The molecular formula is C30H21BrCl2F6N2O6. The fourth-order valence-electron chi connectivity index (χ4n) is 7.36. The number of imide groups is 2. The highest BCUT2D eigenvalue weighted by Gasteiger charge is 2.76. The molecule has 47 heavy (non-hydrogen) atoms. The van der Waals surface area contributed by atoms with Crippen LogP contribution >= 0.6 is 39.1 Å². The molecule has 1 N–H and O–H groups in total. The van der Waals surface area contributed by atoms with E-state index in [1.165, 1.54) is 31.4 Å². The van der Waals surface area contributed by atoms with Gasteiger partial charge in [0.25, 0.3) is 11.8 Å². The minimum atomic E-state index is -5.25. The van der Waals surface area contributed by atoms with Crippen LogP contribution < -0.4 is 9.64 Å². The number of aromatic hydroxyl groups is 1. The lowest BCUT2D eigenvalue weighted by molar-refractivity contribution is -0.143. The number of rotatable bonds is 4. The van der Waals surface area contributed by atoms with Crippen LogP contribution in [0.4, 0.5) is 32.0 Å². The van der Waals surface area contributed by atoms with Crippen molar-refractivity contribution in [1.82, 2.24) is 4.90 Å².